The minimum Gasteiger partial charge on any atom is -0.478 e. The number of nitrogen functional groups attached to an aromatic ring is 1. The summed E-state index contributed by atoms with van der Waals surface area (Å²) in [5.41, 5.74) is 5.13. The minimum absolute atomic E-state index is 0.0360. The molecule has 0 bridgehead atoms. The third-order valence-corrected chi connectivity index (χ3v) is 2.40. The van der Waals surface area contributed by atoms with E-state index in [1.54, 1.807) is 0 Å². The summed E-state index contributed by atoms with van der Waals surface area (Å²) in [5.74, 6) is -1.26. The zero-order valence-corrected chi connectivity index (χ0v) is 7.78. The topological polar surface area (TPSA) is 123 Å². The van der Waals surface area contributed by atoms with Crippen molar-refractivity contribution in [3.63, 3.8) is 0 Å². The first-order chi connectivity index (χ1) is 6.30. The summed E-state index contributed by atoms with van der Waals surface area (Å²) in [6.45, 7) is 0. The Hall–Kier alpha value is -1.60. The van der Waals surface area contributed by atoms with Gasteiger partial charge < -0.3 is 10.8 Å². The molecule has 0 spiro atoms. The quantitative estimate of drug-likeness (QED) is 0.581. The van der Waals surface area contributed by atoms with Crippen molar-refractivity contribution in [3.05, 3.63) is 23.8 Å². The largest absolute Gasteiger partial charge is 0.478 e. The van der Waals surface area contributed by atoms with Crippen molar-refractivity contribution in [1.82, 2.24) is 0 Å². The number of anilines is 1. The summed E-state index contributed by atoms with van der Waals surface area (Å²) in [4.78, 5) is 10.2. The maximum absolute atomic E-state index is 10.9. The Balaban J connectivity index is 3.43. The van der Waals surface area contributed by atoms with Gasteiger partial charge in [0.2, 0.25) is 10.0 Å². The van der Waals surface area contributed by atoms with Crippen LogP contribution < -0.4 is 10.9 Å². The molecule has 0 saturated carbocycles. The van der Waals surface area contributed by atoms with Crippen LogP contribution in [0.5, 0.6) is 0 Å². The van der Waals surface area contributed by atoms with Crippen LogP contribution in [-0.2, 0) is 10.0 Å². The van der Waals surface area contributed by atoms with Gasteiger partial charge in [-0.05, 0) is 18.2 Å². The fourth-order valence-corrected chi connectivity index (χ4v) is 1.50. The Kier molecular flexibility index (Phi) is 2.45. The lowest BCUT2D eigenvalue weighted by Gasteiger charge is -2.02. The molecule has 0 unspecified atom stereocenters. The average Bonchev–Trinajstić information content (AvgIpc) is 2.01. The van der Waals surface area contributed by atoms with Crippen LogP contribution >= 0.6 is 0 Å². The van der Waals surface area contributed by atoms with E-state index in [1.807, 2.05) is 0 Å². The van der Waals surface area contributed by atoms with Crippen molar-refractivity contribution in [2.45, 2.75) is 4.90 Å². The molecule has 1 aromatic carbocycles. The van der Waals surface area contributed by atoms with Gasteiger partial charge in [-0.1, -0.05) is 0 Å². The molecule has 0 aliphatic rings. The third-order valence-electron chi connectivity index (χ3n) is 1.50. The highest BCUT2D eigenvalue weighted by molar-refractivity contribution is 7.89. The number of sulfonamides is 1. The van der Waals surface area contributed by atoms with Gasteiger partial charge in [0.15, 0.2) is 0 Å². The van der Waals surface area contributed by atoms with Crippen molar-refractivity contribution in [2.24, 2.45) is 5.14 Å². The summed E-state index contributed by atoms with van der Waals surface area (Å²) in [6, 6.07) is 3.20. The summed E-state index contributed by atoms with van der Waals surface area (Å²) in [6.07, 6.45) is 0. The summed E-state index contributed by atoms with van der Waals surface area (Å²) in [5, 5.41) is 13.4. The van der Waals surface area contributed by atoms with E-state index in [9.17, 15) is 13.2 Å². The minimum atomic E-state index is -3.92. The van der Waals surface area contributed by atoms with E-state index in [4.69, 9.17) is 16.0 Å². The fourth-order valence-electron chi connectivity index (χ4n) is 0.910. The number of carboxylic acid groups (broad SMARTS) is 1. The Morgan fingerprint density at radius 3 is 2.29 bits per heavy atom. The molecular weight excluding hydrogens is 208 g/mol. The maximum Gasteiger partial charge on any atom is 0.335 e. The molecule has 6 nitrogen and oxygen atoms in total. The van der Waals surface area contributed by atoms with E-state index in [-0.39, 0.29) is 16.1 Å². The Morgan fingerprint density at radius 1 is 1.29 bits per heavy atom. The number of carbonyl (C=O) groups is 1. The first kappa shape index (κ1) is 10.5. The van der Waals surface area contributed by atoms with Crippen molar-refractivity contribution in [3.8, 4) is 0 Å². The van der Waals surface area contributed by atoms with Crippen molar-refractivity contribution in [1.29, 1.82) is 0 Å². The van der Waals surface area contributed by atoms with E-state index >= 15 is 0 Å². The average molecular weight is 216 g/mol. The highest BCUT2D eigenvalue weighted by Gasteiger charge is 2.12. The van der Waals surface area contributed by atoms with E-state index in [2.05, 4.69) is 0 Å². The molecule has 1 rings (SSSR count). The summed E-state index contributed by atoms with van der Waals surface area (Å²) in [7, 11) is -3.92. The molecule has 0 fully saturated rings. The number of carboxylic acids is 1. The van der Waals surface area contributed by atoms with Gasteiger partial charge in [0, 0.05) is 5.69 Å². The fraction of sp³-hybridized carbons (Fsp3) is 0. The Morgan fingerprint density at radius 2 is 1.86 bits per heavy atom. The van der Waals surface area contributed by atoms with E-state index in [0.29, 0.717) is 0 Å². The van der Waals surface area contributed by atoms with Gasteiger partial charge in [-0.3, -0.25) is 0 Å². The first-order valence-electron chi connectivity index (χ1n) is 3.47. The predicted octanol–water partition coefficient (Wildman–Crippen LogP) is -0.386. The number of nitrogens with two attached hydrogens (primary N) is 2. The normalized spacial score (nSPS) is 11.2. The number of hydrogen-bond donors (Lipinski definition) is 3. The van der Waals surface area contributed by atoms with Crippen LogP contribution in [0.3, 0.4) is 0 Å². The van der Waals surface area contributed by atoms with Crippen LogP contribution in [0.25, 0.3) is 0 Å². The standard InChI is InChI=1S/C7H8N2O4S/c8-5-1-4(7(10)11)2-6(3-5)14(9,12)13/h1-3H,8H2,(H,10,11)(H2,9,12,13). The van der Waals surface area contributed by atoms with Crippen LogP contribution in [-0.4, -0.2) is 19.5 Å². The van der Waals surface area contributed by atoms with Crippen LogP contribution in [0.4, 0.5) is 5.69 Å². The van der Waals surface area contributed by atoms with E-state index in [1.165, 1.54) is 0 Å². The number of aromatic carboxylic acids is 1. The molecule has 5 N–H and O–H groups in total. The van der Waals surface area contributed by atoms with Gasteiger partial charge in [-0.2, -0.15) is 0 Å². The Labute approximate surface area is 80.2 Å². The molecule has 0 heterocycles. The number of benzene rings is 1. The molecule has 1 aromatic rings. The lowest BCUT2D eigenvalue weighted by molar-refractivity contribution is 0.0696. The molecule has 0 atom stereocenters. The molecule has 0 radical (unpaired) electrons. The van der Waals surface area contributed by atoms with Crippen molar-refractivity contribution < 1.29 is 18.3 Å². The second kappa shape index (κ2) is 3.28. The van der Waals surface area contributed by atoms with Crippen molar-refractivity contribution in [2.75, 3.05) is 5.73 Å². The number of rotatable bonds is 2. The van der Waals surface area contributed by atoms with Crippen LogP contribution in [0, 0.1) is 0 Å². The van der Waals surface area contributed by atoms with Gasteiger partial charge in [0.25, 0.3) is 0 Å². The molecule has 7 heteroatoms. The monoisotopic (exact) mass is 216 g/mol. The molecule has 0 aliphatic heterocycles. The van der Waals surface area contributed by atoms with Gasteiger partial charge in [0.1, 0.15) is 0 Å². The van der Waals surface area contributed by atoms with Crippen molar-refractivity contribution >= 4 is 21.7 Å². The lowest BCUT2D eigenvalue weighted by atomic mass is 10.2. The summed E-state index contributed by atoms with van der Waals surface area (Å²) >= 11 is 0. The lowest BCUT2D eigenvalue weighted by Crippen LogP contribution is -2.13. The molecule has 0 aromatic heterocycles. The SMILES string of the molecule is Nc1cc(C(=O)O)cc(S(N)(=O)=O)c1. The first-order valence-corrected chi connectivity index (χ1v) is 5.02. The van der Waals surface area contributed by atoms with Crippen LogP contribution in [0.2, 0.25) is 0 Å². The smallest absolute Gasteiger partial charge is 0.335 e. The zero-order valence-electron chi connectivity index (χ0n) is 6.97. The third kappa shape index (κ3) is 2.21. The van der Waals surface area contributed by atoms with E-state index in [0.717, 1.165) is 18.2 Å². The highest BCUT2D eigenvalue weighted by Crippen LogP contribution is 2.15. The second-order valence-electron chi connectivity index (χ2n) is 2.64. The molecule has 0 amide bonds. The van der Waals surface area contributed by atoms with Gasteiger partial charge in [-0.15, -0.1) is 0 Å². The zero-order chi connectivity index (χ0) is 10.9. The predicted molar refractivity (Wildman–Crippen MR) is 49.2 cm³/mol. The maximum atomic E-state index is 10.9. The van der Waals surface area contributed by atoms with Gasteiger partial charge >= 0.3 is 5.97 Å². The van der Waals surface area contributed by atoms with Gasteiger partial charge in [-0.25, -0.2) is 18.4 Å². The second-order valence-corrected chi connectivity index (χ2v) is 4.20. The van der Waals surface area contributed by atoms with Crippen LogP contribution in [0.1, 0.15) is 10.4 Å². The molecule has 14 heavy (non-hydrogen) atoms. The molecular formula is C7H8N2O4S. The highest BCUT2D eigenvalue weighted by atomic mass is 32.2. The van der Waals surface area contributed by atoms with E-state index < -0.39 is 16.0 Å². The molecule has 76 valence electrons. The van der Waals surface area contributed by atoms with Gasteiger partial charge in [0.05, 0.1) is 10.5 Å². The van der Waals surface area contributed by atoms with Crippen LogP contribution in [0.15, 0.2) is 23.1 Å². The molecule has 0 aliphatic carbocycles. The molecule has 0 saturated heterocycles. The number of primary sulfonamides is 1. The number of hydrogen-bond acceptors (Lipinski definition) is 4. The Bertz CT molecular complexity index is 480. The summed E-state index contributed by atoms with van der Waals surface area (Å²) < 4.78 is 21.8.